The first-order valence-electron chi connectivity index (χ1n) is 5.10. The number of rotatable bonds is 4. The van der Waals surface area contributed by atoms with Crippen LogP contribution in [0.3, 0.4) is 0 Å². The molecule has 1 unspecified atom stereocenters. The first-order chi connectivity index (χ1) is 8.22. The Morgan fingerprint density at radius 1 is 1.47 bits per heavy atom. The molecule has 5 nitrogen and oxygen atoms in total. The summed E-state index contributed by atoms with van der Waals surface area (Å²) in [6.45, 7) is 1.71. The molecule has 0 spiro atoms. The highest BCUT2D eigenvalue weighted by molar-refractivity contribution is 7.99. The van der Waals surface area contributed by atoms with Crippen molar-refractivity contribution in [3.05, 3.63) is 30.1 Å². The van der Waals surface area contributed by atoms with E-state index in [1.807, 2.05) is 18.2 Å². The summed E-state index contributed by atoms with van der Waals surface area (Å²) in [5.41, 5.74) is 0.761. The number of aromatic nitrogens is 3. The molecule has 2 N–H and O–H groups in total. The van der Waals surface area contributed by atoms with Gasteiger partial charge in [-0.1, -0.05) is 6.07 Å². The smallest absolute Gasteiger partial charge is 0.188 e. The largest absolute Gasteiger partial charge is 0.496 e. The van der Waals surface area contributed by atoms with Crippen LogP contribution in [0.2, 0.25) is 0 Å². The van der Waals surface area contributed by atoms with Gasteiger partial charge in [0.1, 0.15) is 12.1 Å². The summed E-state index contributed by atoms with van der Waals surface area (Å²) in [7, 11) is 1.59. The molecule has 1 aromatic carbocycles. The Kier molecular flexibility index (Phi) is 3.65. The van der Waals surface area contributed by atoms with Crippen LogP contribution < -0.4 is 4.74 Å². The Morgan fingerprint density at radius 2 is 2.29 bits per heavy atom. The average Bonchev–Trinajstić information content (AvgIpc) is 2.81. The zero-order valence-corrected chi connectivity index (χ0v) is 10.4. The Morgan fingerprint density at radius 3 is 2.88 bits per heavy atom. The summed E-state index contributed by atoms with van der Waals surface area (Å²) in [6.07, 6.45) is 0.849. The van der Waals surface area contributed by atoms with Gasteiger partial charge in [0.05, 0.1) is 13.2 Å². The van der Waals surface area contributed by atoms with Crippen molar-refractivity contribution in [3.8, 4) is 5.75 Å². The monoisotopic (exact) mass is 251 g/mol. The third-order valence-corrected chi connectivity index (χ3v) is 3.23. The molecular weight excluding hydrogens is 238 g/mol. The summed E-state index contributed by atoms with van der Waals surface area (Å²) >= 11 is 1.41. The maximum absolute atomic E-state index is 9.81. The minimum Gasteiger partial charge on any atom is -0.496 e. The van der Waals surface area contributed by atoms with Gasteiger partial charge in [0, 0.05) is 10.5 Å². The van der Waals surface area contributed by atoms with E-state index < -0.39 is 6.10 Å². The van der Waals surface area contributed by atoms with Crippen molar-refractivity contribution in [2.45, 2.75) is 23.1 Å². The van der Waals surface area contributed by atoms with Crippen LogP contribution in [0.4, 0.5) is 0 Å². The van der Waals surface area contributed by atoms with Gasteiger partial charge < -0.3 is 9.84 Å². The number of aliphatic hydroxyl groups is 1. The molecule has 17 heavy (non-hydrogen) atoms. The maximum Gasteiger partial charge on any atom is 0.188 e. The summed E-state index contributed by atoms with van der Waals surface area (Å²) in [5, 5.41) is 17.0. The number of ether oxygens (including phenoxy) is 1. The Labute approximate surface area is 103 Å². The fraction of sp³-hybridized carbons (Fsp3) is 0.273. The fourth-order valence-corrected chi connectivity index (χ4v) is 2.48. The topological polar surface area (TPSA) is 71.0 Å². The van der Waals surface area contributed by atoms with Crippen molar-refractivity contribution in [2.24, 2.45) is 0 Å². The molecule has 90 valence electrons. The average molecular weight is 251 g/mol. The Balaban J connectivity index is 2.39. The van der Waals surface area contributed by atoms with Gasteiger partial charge in [0.15, 0.2) is 5.16 Å². The van der Waals surface area contributed by atoms with Crippen molar-refractivity contribution in [1.29, 1.82) is 0 Å². The van der Waals surface area contributed by atoms with Gasteiger partial charge in [-0.3, -0.25) is 5.10 Å². The molecule has 0 saturated heterocycles. The zero-order valence-electron chi connectivity index (χ0n) is 9.54. The van der Waals surface area contributed by atoms with Gasteiger partial charge >= 0.3 is 0 Å². The molecule has 6 heteroatoms. The minimum absolute atomic E-state index is 0.600. The van der Waals surface area contributed by atoms with Gasteiger partial charge in [-0.2, -0.15) is 5.10 Å². The lowest BCUT2D eigenvalue weighted by molar-refractivity contribution is 0.191. The molecule has 2 aromatic rings. The van der Waals surface area contributed by atoms with Gasteiger partial charge in [-0.05, 0) is 30.8 Å². The second kappa shape index (κ2) is 5.20. The number of benzene rings is 1. The fourth-order valence-electron chi connectivity index (χ4n) is 1.55. The van der Waals surface area contributed by atoms with E-state index in [1.165, 1.54) is 18.1 Å². The summed E-state index contributed by atoms with van der Waals surface area (Å²) in [6, 6.07) is 5.62. The predicted molar refractivity (Wildman–Crippen MR) is 64.1 cm³/mol. The van der Waals surface area contributed by atoms with Crippen LogP contribution in [0.15, 0.2) is 34.6 Å². The van der Waals surface area contributed by atoms with Crippen molar-refractivity contribution in [1.82, 2.24) is 15.2 Å². The predicted octanol–water partition coefficient (Wildman–Crippen LogP) is 2.02. The normalized spacial score (nSPS) is 12.4. The van der Waals surface area contributed by atoms with Gasteiger partial charge in [-0.15, -0.1) is 0 Å². The lowest BCUT2D eigenvalue weighted by atomic mass is 10.1. The molecule has 0 saturated carbocycles. The summed E-state index contributed by atoms with van der Waals surface area (Å²) in [4.78, 5) is 4.94. The van der Waals surface area contributed by atoms with E-state index in [2.05, 4.69) is 15.2 Å². The SMILES string of the molecule is COc1cccc(Sc2ncn[nH]2)c1C(C)O. The highest BCUT2D eigenvalue weighted by Gasteiger charge is 2.15. The quantitative estimate of drug-likeness (QED) is 0.869. The third kappa shape index (κ3) is 2.59. The van der Waals surface area contributed by atoms with Crippen LogP contribution in [0.1, 0.15) is 18.6 Å². The van der Waals surface area contributed by atoms with Crippen LogP contribution in [-0.2, 0) is 0 Å². The molecule has 0 aliphatic carbocycles. The maximum atomic E-state index is 9.81. The first kappa shape index (κ1) is 11.9. The number of hydrogen-bond donors (Lipinski definition) is 2. The van der Waals surface area contributed by atoms with Crippen molar-refractivity contribution < 1.29 is 9.84 Å². The van der Waals surface area contributed by atoms with E-state index in [0.717, 1.165) is 10.5 Å². The van der Waals surface area contributed by atoms with E-state index >= 15 is 0 Å². The van der Waals surface area contributed by atoms with E-state index in [0.29, 0.717) is 10.9 Å². The Bertz CT molecular complexity index is 485. The summed E-state index contributed by atoms with van der Waals surface area (Å²) in [5.74, 6) is 0.671. The van der Waals surface area contributed by atoms with Crippen LogP contribution in [0.25, 0.3) is 0 Å². The number of nitrogens with one attached hydrogen (secondary N) is 1. The zero-order chi connectivity index (χ0) is 12.3. The van der Waals surface area contributed by atoms with Crippen LogP contribution in [-0.4, -0.2) is 27.4 Å². The molecule has 2 rings (SSSR count). The number of H-pyrrole nitrogens is 1. The lowest BCUT2D eigenvalue weighted by Crippen LogP contribution is -1.99. The van der Waals surface area contributed by atoms with Crippen molar-refractivity contribution in [3.63, 3.8) is 0 Å². The number of hydrogen-bond acceptors (Lipinski definition) is 5. The Hall–Kier alpha value is -1.53. The molecule has 0 aliphatic rings. The minimum atomic E-state index is -0.600. The standard InChI is InChI=1S/C11H13N3O2S/c1-7(15)10-8(16-2)4-3-5-9(10)17-11-12-6-13-14-11/h3-7,15H,1-2H3,(H,12,13,14). The van der Waals surface area contributed by atoms with E-state index in [4.69, 9.17) is 4.74 Å². The number of nitrogens with zero attached hydrogens (tertiary/aromatic N) is 2. The van der Waals surface area contributed by atoms with Crippen molar-refractivity contribution in [2.75, 3.05) is 7.11 Å². The van der Waals surface area contributed by atoms with E-state index in [9.17, 15) is 5.11 Å². The molecule has 0 amide bonds. The van der Waals surface area contributed by atoms with Crippen molar-refractivity contribution >= 4 is 11.8 Å². The highest BCUT2D eigenvalue weighted by atomic mass is 32.2. The van der Waals surface area contributed by atoms with Gasteiger partial charge in [-0.25, -0.2) is 4.98 Å². The number of aromatic amines is 1. The molecule has 1 heterocycles. The summed E-state index contributed by atoms with van der Waals surface area (Å²) < 4.78 is 5.25. The number of methoxy groups -OCH3 is 1. The molecule has 0 aliphatic heterocycles. The second-order valence-electron chi connectivity index (χ2n) is 3.44. The van der Waals surface area contributed by atoms with Gasteiger partial charge in [0.2, 0.25) is 0 Å². The molecule has 1 atom stereocenters. The molecular formula is C11H13N3O2S. The molecule has 0 fully saturated rings. The lowest BCUT2D eigenvalue weighted by Gasteiger charge is -2.14. The molecule has 0 radical (unpaired) electrons. The third-order valence-electron chi connectivity index (χ3n) is 2.26. The first-order valence-corrected chi connectivity index (χ1v) is 5.92. The number of aliphatic hydroxyl groups excluding tert-OH is 1. The highest BCUT2D eigenvalue weighted by Crippen LogP contribution is 2.36. The van der Waals surface area contributed by atoms with E-state index in [1.54, 1.807) is 14.0 Å². The van der Waals surface area contributed by atoms with E-state index in [-0.39, 0.29) is 0 Å². The molecule has 1 aromatic heterocycles. The van der Waals surface area contributed by atoms with Gasteiger partial charge in [0.25, 0.3) is 0 Å². The van der Waals surface area contributed by atoms with Crippen LogP contribution in [0, 0.1) is 0 Å². The molecule has 0 bridgehead atoms. The van der Waals surface area contributed by atoms with Crippen LogP contribution in [0.5, 0.6) is 5.75 Å². The second-order valence-corrected chi connectivity index (χ2v) is 4.47. The van der Waals surface area contributed by atoms with Crippen LogP contribution >= 0.6 is 11.8 Å².